The van der Waals surface area contributed by atoms with Crippen molar-refractivity contribution in [3.8, 4) is 0 Å². The molecule has 1 aromatic carbocycles. The van der Waals surface area contributed by atoms with Crippen molar-refractivity contribution in [1.82, 2.24) is 4.90 Å². The van der Waals surface area contributed by atoms with E-state index in [9.17, 15) is 4.39 Å². The zero-order valence-corrected chi connectivity index (χ0v) is 13.4. The summed E-state index contributed by atoms with van der Waals surface area (Å²) in [6.07, 6.45) is 6.70. The van der Waals surface area contributed by atoms with Crippen molar-refractivity contribution in [1.29, 1.82) is 0 Å². The van der Waals surface area contributed by atoms with Crippen molar-refractivity contribution in [2.24, 2.45) is 5.92 Å². The number of nitrogens with one attached hydrogen (secondary N) is 1. The number of anilines is 1. The van der Waals surface area contributed by atoms with Crippen LogP contribution in [0.3, 0.4) is 0 Å². The van der Waals surface area contributed by atoms with E-state index in [1.165, 1.54) is 44.7 Å². The van der Waals surface area contributed by atoms with Crippen molar-refractivity contribution < 1.29 is 4.39 Å². The van der Waals surface area contributed by atoms with Gasteiger partial charge in [-0.1, -0.05) is 32.8 Å². The molecule has 1 aromatic rings. The van der Waals surface area contributed by atoms with E-state index in [-0.39, 0.29) is 5.82 Å². The molecule has 118 valence electrons. The average Bonchev–Trinajstić information content (AvgIpc) is 2.96. The first-order chi connectivity index (χ1) is 10.1. The van der Waals surface area contributed by atoms with E-state index in [4.69, 9.17) is 0 Å². The third kappa shape index (κ3) is 5.66. The van der Waals surface area contributed by atoms with Gasteiger partial charge in [0.1, 0.15) is 5.82 Å². The van der Waals surface area contributed by atoms with Gasteiger partial charge >= 0.3 is 0 Å². The lowest BCUT2D eigenvalue weighted by Crippen LogP contribution is -2.38. The molecule has 3 heteroatoms. The molecule has 1 aliphatic rings. The van der Waals surface area contributed by atoms with Crippen LogP contribution in [0.25, 0.3) is 0 Å². The van der Waals surface area contributed by atoms with Gasteiger partial charge in [-0.15, -0.1) is 0 Å². The summed E-state index contributed by atoms with van der Waals surface area (Å²) in [5.74, 6) is 0.581. The zero-order valence-electron chi connectivity index (χ0n) is 13.4. The zero-order chi connectivity index (χ0) is 15.1. The van der Waals surface area contributed by atoms with E-state index < -0.39 is 0 Å². The normalized spacial score (nSPS) is 16.0. The topological polar surface area (TPSA) is 15.3 Å². The molecule has 1 aliphatic carbocycles. The van der Waals surface area contributed by atoms with Crippen LogP contribution in [-0.2, 0) is 0 Å². The maximum Gasteiger partial charge on any atom is 0.125 e. The minimum atomic E-state index is -0.174. The van der Waals surface area contributed by atoms with Crippen LogP contribution in [0.5, 0.6) is 0 Å². The minimum Gasteiger partial charge on any atom is -0.384 e. The van der Waals surface area contributed by atoms with Crippen molar-refractivity contribution in [3.05, 3.63) is 30.1 Å². The molecule has 0 aromatic heterocycles. The van der Waals surface area contributed by atoms with E-state index in [1.807, 2.05) is 6.07 Å². The Kier molecular flexibility index (Phi) is 6.50. The van der Waals surface area contributed by atoms with Crippen LogP contribution in [0, 0.1) is 11.7 Å². The summed E-state index contributed by atoms with van der Waals surface area (Å²) in [6.45, 7) is 7.70. The van der Waals surface area contributed by atoms with Crippen LogP contribution in [0.4, 0.5) is 10.1 Å². The van der Waals surface area contributed by atoms with Crippen molar-refractivity contribution in [2.75, 3.05) is 25.0 Å². The van der Waals surface area contributed by atoms with Crippen LogP contribution in [-0.4, -0.2) is 30.6 Å². The third-order valence-electron chi connectivity index (χ3n) is 4.39. The van der Waals surface area contributed by atoms with Crippen molar-refractivity contribution in [2.45, 2.75) is 52.0 Å². The second-order valence-corrected chi connectivity index (χ2v) is 6.59. The Morgan fingerprint density at radius 1 is 1.24 bits per heavy atom. The standard InChI is InChI=1S/C18H29FN2/c1-15(2)10-12-21(18-8-3-4-9-18)13-11-20-17-7-5-6-16(19)14-17/h5-7,14-15,18,20H,3-4,8-13H2,1-2H3. The van der Waals surface area contributed by atoms with E-state index in [2.05, 4.69) is 24.1 Å². The van der Waals surface area contributed by atoms with Gasteiger partial charge in [0.2, 0.25) is 0 Å². The monoisotopic (exact) mass is 292 g/mol. The first-order valence-corrected chi connectivity index (χ1v) is 8.38. The van der Waals surface area contributed by atoms with Crippen molar-refractivity contribution in [3.63, 3.8) is 0 Å². The Morgan fingerprint density at radius 3 is 2.67 bits per heavy atom. The van der Waals surface area contributed by atoms with Gasteiger partial charge in [-0.05, 0) is 49.9 Å². The lowest BCUT2D eigenvalue weighted by molar-refractivity contribution is 0.195. The number of benzene rings is 1. The van der Waals surface area contributed by atoms with E-state index in [0.717, 1.165) is 30.7 Å². The highest BCUT2D eigenvalue weighted by molar-refractivity contribution is 5.42. The molecule has 0 atom stereocenters. The maximum atomic E-state index is 13.2. The SMILES string of the molecule is CC(C)CCN(CCNc1cccc(F)c1)C1CCCC1. The second kappa shape index (κ2) is 8.38. The average molecular weight is 292 g/mol. The van der Waals surface area contributed by atoms with Crippen LogP contribution < -0.4 is 5.32 Å². The highest BCUT2D eigenvalue weighted by Crippen LogP contribution is 2.24. The summed E-state index contributed by atoms with van der Waals surface area (Å²) >= 11 is 0. The Balaban J connectivity index is 1.80. The number of halogens is 1. The fraction of sp³-hybridized carbons (Fsp3) is 0.667. The lowest BCUT2D eigenvalue weighted by Gasteiger charge is -2.29. The molecule has 21 heavy (non-hydrogen) atoms. The van der Waals surface area contributed by atoms with E-state index in [1.54, 1.807) is 12.1 Å². The summed E-state index contributed by atoms with van der Waals surface area (Å²) in [6, 6.07) is 7.49. The smallest absolute Gasteiger partial charge is 0.125 e. The van der Waals surface area contributed by atoms with E-state index >= 15 is 0 Å². The van der Waals surface area contributed by atoms with Gasteiger partial charge in [0, 0.05) is 24.8 Å². The number of rotatable bonds is 8. The molecular weight excluding hydrogens is 263 g/mol. The quantitative estimate of drug-likeness (QED) is 0.757. The Labute approximate surface area is 128 Å². The third-order valence-corrected chi connectivity index (χ3v) is 4.39. The molecule has 1 N–H and O–H groups in total. The first-order valence-electron chi connectivity index (χ1n) is 8.38. The molecule has 0 radical (unpaired) electrons. The predicted molar refractivity (Wildman–Crippen MR) is 88.2 cm³/mol. The van der Waals surface area contributed by atoms with Gasteiger partial charge in [-0.25, -0.2) is 4.39 Å². The summed E-state index contributed by atoms with van der Waals surface area (Å²) in [4.78, 5) is 2.64. The van der Waals surface area contributed by atoms with Gasteiger partial charge in [-0.2, -0.15) is 0 Å². The van der Waals surface area contributed by atoms with Gasteiger partial charge in [0.05, 0.1) is 0 Å². The molecular formula is C18H29FN2. The molecule has 1 saturated carbocycles. The fourth-order valence-corrected chi connectivity index (χ4v) is 3.11. The highest BCUT2D eigenvalue weighted by atomic mass is 19.1. The second-order valence-electron chi connectivity index (χ2n) is 6.59. The number of hydrogen-bond acceptors (Lipinski definition) is 2. The number of nitrogens with zero attached hydrogens (tertiary/aromatic N) is 1. The Bertz CT molecular complexity index is 413. The molecule has 0 aliphatic heterocycles. The molecule has 2 rings (SSSR count). The van der Waals surface area contributed by atoms with Crippen LogP contribution in [0.1, 0.15) is 46.0 Å². The van der Waals surface area contributed by atoms with Crippen LogP contribution in [0.2, 0.25) is 0 Å². The van der Waals surface area contributed by atoms with E-state index in [0.29, 0.717) is 0 Å². The highest BCUT2D eigenvalue weighted by Gasteiger charge is 2.21. The molecule has 0 unspecified atom stereocenters. The maximum absolute atomic E-state index is 13.2. The summed E-state index contributed by atoms with van der Waals surface area (Å²) in [7, 11) is 0. The molecule has 0 bridgehead atoms. The molecule has 0 heterocycles. The Morgan fingerprint density at radius 2 is 2.00 bits per heavy atom. The summed E-state index contributed by atoms with van der Waals surface area (Å²) < 4.78 is 13.2. The number of hydrogen-bond donors (Lipinski definition) is 1. The summed E-state index contributed by atoms with van der Waals surface area (Å²) in [5, 5.41) is 3.35. The minimum absolute atomic E-state index is 0.174. The molecule has 1 fully saturated rings. The summed E-state index contributed by atoms with van der Waals surface area (Å²) in [5.41, 5.74) is 0.880. The van der Waals surface area contributed by atoms with Crippen molar-refractivity contribution >= 4 is 5.69 Å². The molecule has 0 amide bonds. The van der Waals surface area contributed by atoms with Gasteiger partial charge in [0.15, 0.2) is 0 Å². The van der Waals surface area contributed by atoms with Gasteiger partial charge in [-0.3, -0.25) is 4.90 Å². The fourth-order valence-electron chi connectivity index (χ4n) is 3.11. The lowest BCUT2D eigenvalue weighted by atomic mass is 10.1. The largest absolute Gasteiger partial charge is 0.384 e. The molecule has 0 saturated heterocycles. The molecule has 0 spiro atoms. The predicted octanol–water partition coefficient (Wildman–Crippen LogP) is 4.53. The van der Waals surface area contributed by atoms with Crippen LogP contribution >= 0.6 is 0 Å². The first kappa shape index (κ1) is 16.3. The van der Waals surface area contributed by atoms with Gasteiger partial charge < -0.3 is 5.32 Å². The van der Waals surface area contributed by atoms with Crippen LogP contribution in [0.15, 0.2) is 24.3 Å². The van der Waals surface area contributed by atoms with Gasteiger partial charge in [0.25, 0.3) is 0 Å². The Hall–Kier alpha value is -1.09. The molecule has 2 nitrogen and oxygen atoms in total.